The zero-order chi connectivity index (χ0) is 23.8. The minimum Gasteiger partial charge on any atom is -0.497 e. The average molecular weight is 471 g/mol. The molecule has 1 saturated heterocycles. The number of hydrogen-bond donors (Lipinski definition) is 1. The van der Waals surface area contributed by atoms with Gasteiger partial charge in [0, 0.05) is 31.3 Å². The van der Waals surface area contributed by atoms with Crippen molar-refractivity contribution in [1.82, 2.24) is 9.29 Å². The lowest BCUT2D eigenvalue weighted by Crippen LogP contribution is -2.38. The molecule has 7 nitrogen and oxygen atoms in total. The topological polar surface area (TPSA) is 88.7 Å². The molecule has 0 amide bonds. The fraction of sp³-hybridized carbons (Fsp3) is 0.400. The van der Waals surface area contributed by atoms with E-state index < -0.39 is 10.0 Å². The van der Waals surface area contributed by atoms with Gasteiger partial charge >= 0.3 is 0 Å². The molecule has 2 aromatic carbocycles. The zero-order valence-electron chi connectivity index (χ0n) is 19.5. The second-order valence-corrected chi connectivity index (χ2v) is 10.6. The van der Waals surface area contributed by atoms with Crippen LogP contribution in [0.5, 0.6) is 5.75 Å². The van der Waals surface area contributed by atoms with Crippen molar-refractivity contribution in [3.8, 4) is 5.75 Å². The van der Waals surface area contributed by atoms with E-state index in [2.05, 4.69) is 4.98 Å². The predicted octanol–water partition coefficient (Wildman–Crippen LogP) is 3.83. The Hall–Kier alpha value is -2.68. The van der Waals surface area contributed by atoms with Crippen LogP contribution >= 0.6 is 0 Å². The Morgan fingerprint density at radius 1 is 1.12 bits per heavy atom. The van der Waals surface area contributed by atoms with E-state index in [1.807, 2.05) is 45.0 Å². The maximum atomic E-state index is 13.9. The number of fused-ring (bicyclic) bond motifs is 1. The Bertz CT molecular complexity index is 1320. The second-order valence-electron chi connectivity index (χ2n) is 8.74. The Balaban J connectivity index is 1.77. The fourth-order valence-corrected chi connectivity index (χ4v) is 6.49. The van der Waals surface area contributed by atoms with Crippen LogP contribution in [0, 0.1) is 20.8 Å². The van der Waals surface area contributed by atoms with Crippen molar-refractivity contribution in [3.63, 3.8) is 0 Å². The van der Waals surface area contributed by atoms with Crippen molar-refractivity contribution in [2.45, 2.75) is 51.2 Å². The van der Waals surface area contributed by atoms with E-state index in [1.54, 1.807) is 19.2 Å². The van der Waals surface area contributed by atoms with Gasteiger partial charge in [-0.05, 0) is 68.3 Å². The van der Waals surface area contributed by atoms with Crippen LogP contribution < -0.4 is 10.3 Å². The van der Waals surface area contributed by atoms with Crippen LogP contribution in [0.3, 0.4) is 0 Å². The molecule has 0 saturated carbocycles. The zero-order valence-corrected chi connectivity index (χ0v) is 20.3. The molecule has 1 fully saturated rings. The number of aryl methyl sites for hydroxylation is 3. The summed E-state index contributed by atoms with van der Waals surface area (Å²) in [5.74, 6) is 0.638. The molecule has 0 bridgehead atoms. The van der Waals surface area contributed by atoms with Gasteiger partial charge in [0.05, 0.1) is 23.6 Å². The summed E-state index contributed by atoms with van der Waals surface area (Å²) < 4.78 is 40.1. The number of H-pyrrole nitrogens is 1. The third-order valence-electron chi connectivity index (χ3n) is 6.11. The lowest BCUT2D eigenvalue weighted by molar-refractivity contribution is 0.0925. The van der Waals surface area contributed by atoms with Crippen LogP contribution in [0.1, 0.15) is 35.1 Å². The number of ether oxygens (including phenoxy) is 2. The van der Waals surface area contributed by atoms with Crippen molar-refractivity contribution in [2.75, 3.05) is 20.3 Å². The fourth-order valence-electron chi connectivity index (χ4n) is 4.63. The Morgan fingerprint density at radius 3 is 2.48 bits per heavy atom. The van der Waals surface area contributed by atoms with Crippen LogP contribution in [0.15, 0.2) is 46.1 Å². The summed E-state index contributed by atoms with van der Waals surface area (Å²) in [6.07, 6.45) is 1.51. The van der Waals surface area contributed by atoms with Gasteiger partial charge in [0.2, 0.25) is 10.0 Å². The molecule has 176 valence electrons. The molecule has 1 unspecified atom stereocenters. The number of pyridine rings is 1. The van der Waals surface area contributed by atoms with E-state index >= 15 is 0 Å². The van der Waals surface area contributed by atoms with Gasteiger partial charge in [-0.3, -0.25) is 4.79 Å². The monoisotopic (exact) mass is 470 g/mol. The lowest BCUT2D eigenvalue weighted by Gasteiger charge is -2.26. The summed E-state index contributed by atoms with van der Waals surface area (Å²) in [6, 6.07) is 10.9. The van der Waals surface area contributed by atoms with Gasteiger partial charge in [0.15, 0.2) is 0 Å². The number of sulfonamides is 1. The lowest BCUT2D eigenvalue weighted by atomic mass is 10.1. The number of methoxy groups -OCH3 is 1. The Morgan fingerprint density at radius 2 is 1.85 bits per heavy atom. The molecule has 0 aliphatic carbocycles. The standard InChI is InChI=1S/C25H30N2O5S/c1-16-10-17(2)24(18(3)11-16)33(29,30)27(15-22-6-5-9-32-22)14-20-12-19-7-8-21(31-4)13-23(19)26-25(20)28/h7-8,10-13,22H,5-6,9,14-15H2,1-4H3,(H,26,28). The first kappa shape index (κ1) is 23.5. The van der Waals surface area contributed by atoms with Gasteiger partial charge in [0.25, 0.3) is 5.56 Å². The van der Waals surface area contributed by atoms with Crippen molar-refractivity contribution in [3.05, 3.63) is 69.0 Å². The highest BCUT2D eigenvalue weighted by atomic mass is 32.2. The summed E-state index contributed by atoms with van der Waals surface area (Å²) in [5.41, 5.74) is 3.11. The van der Waals surface area contributed by atoms with E-state index in [-0.39, 0.29) is 24.8 Å². The normalized spacial score (nSPS) is 16.6. The molecule has 1 aliphatic rings. The Kier molecular flexibility index (Phi) is 6.61. The molecule has 33 heavy (non-hydrogen) atoms. The third-order valence-corrected chi connectivity index (χ3v) is 8.23. The highest BCUT2D eigenvalue weighted by Gasteiger charge is 2.32. The van der Waals surface area contributed by atoms with Gasteiger partial charge in [-0.15, -0.1) is 0 Å². The summed E-state index contributed by atoms with van der Waals surface area (Å²) in [4.78, 5) is 16.1. The summed E-state index contributed by atoms with van der Waals surface area (Å²) in [7, 11) is -2.30. The van der Waals surface area contributed by atoms with Gasteiger partial charge in [-0.2, -0.15) is 4.31 Å². The average Bonchev–Trinajstić information content (AvgIpc) is 3.25. The summed E-state index contributed by atoms with van der Waals surface area (Å²) in [5, 5.41) is 0.808. The molecule has 0 spiro atoms. The number of hydrogen-bond acceptors (Lipinski definition) is 5. The molecule has 1 N–H and O–H groups in total. The molecular formula is C25H30N2O5S. The van der Waals surface area contributed by atoms with Crippen molar-refractivity contribution in [1.29, 1.82) is 0 Å². The highest BCUT2D eigenvalue weighted by Crippen LogP contribution is 2.28. The summed E-state index contributed by atoms with van der Waals surface area (Å²) in [6.45, 7) is 6.37. The van der Waals surface area contributed by atoms with E-state index in [9.17, 15) is 13.2 Å². The number of nitrogens with zero attached hydrogens (tertiary/aromatic N) is 1. The SMILES string of the molecule is COc1ccc2cc(CN(CC3CCCO3)S(=O)(=O)c3c(C)cc(C)cc3C)c(=O)[nH]c2c1. The number of aromatic nitrogens is 1. The molecule has 4 rings (SSSR count). The van der Waals surface area contributed by atoms with Gasteiger partial charge < -0.3 is 14.5 Å². The van der Waals surface area contributed by atoms with Crippen molar-refractivity contribution >= 4 is 20.9 Å². The van der Waals surface area contributed by atoms with Crippen LogP contribution in [0.25, 0.3) is 10.9 Å². The van der Waals surface area contributed by atoms with E-state index in [1.165, 1.54) is 4.31 Å². The third kappa shape index (κ3) is 4.83. The highest BCUT2D eigenvalue weighted by molar-refractivity contribution is 7.89. The minimum absolute atomic E-state index is 0.0355. The molecule has 1 atom stereocenters. The van der Waals surface area contributed by atoms with Crippen molar-refractivity contribution in [2.24, 2.45) is 0 Å². The second kappa shape index (κ2) is 9.29. The van der Waals surface area contributed by atoms with E-state index in [4.69, 9.17) is 9.47 Å². The van der Waals surface area contributed by atoms with Crippen LogP contribution in [0.4, 0.5) is 0 Å². The largest absolute Gasteiger partial charge is 0.497 e. The number of rotatable bonds is 7. The summed E-state index contributed by atoms with van der Waals surface area (Å²) >= 11 is 0. The maximum absolute atomic E-state index is 13.9. The van der Waals surface area contributed by atoms with Crippen LogP contribution in [-0.2, 0) is 21.3 Å². The van der Waals surface area contributed by atoms with Crippen LogP contribution in [-0.4, -0.2) is 44.1 Å². The number of nitrogens with one attached hydrogen (secondary N) is 1. The van der Waals surface area contributed by atoms with Gasteiger partial charge in [0.1, 0.15) is 5.75 Å². The van der Waals surface area contributed by atoms with Gasteiger partial charge in [-0.1, -0.05) is 17.7 Å². The number of benzene rings is 2. The molecule has 3 aromatic rings. The minimum atomic E-state index is -3.86. The van der Waals surface area contributed by atoms with Crippen molar-refractivity contribution < 1.29 is 17.9 Å². The quantitative estimate of drug-likeness (QED) is 0.567. The first-order valence-corrected chi connectivity index (χ1v) is 12.5. The Labute approximate surface area is 194 Å². The number of aromatic amines is 1. The van der Waals surface area contributed by atoms with E-state index in [0.29, 0.717) is 39.5 Å². The smallest absolute Gasteiger partial charge is 0.252 e. The molecule has 2 heterocycles. The first-order chi connectivity index (χ1) is 15.7. The van der Waals surface area contributed by atoms with Gasteiger partial charge in [-0.25, -0.2) is 8.42 Å². The molecule has 0 radical (unpaired) electrons. The maximum Gasteiger partial charge on any atom is 0.252 e. The van der Waals surface area contributed by atoms with Crippen LogP contribution in [0.2, 0.25) is 0 Å². The molecule has 8 heteroatoms. The molecule has 1 aliphatic heterocycles. The molecule has 1 aromatic heterocycles. The first-order valence-electron chi connectivity index (χ1n) is 11.1. The predicted molar refractivity (Wildman–Crippen MR) is 128 cm³/mol. The van der Waals surface area contributed by atoms with E-state index in [0.717, 1.165) is 23.8 Å². The molecular weight excluding hydrogens is 440 g/mol.